The predicted molar refractivity (Wildman–Crippen MR) is 50.7 cm³/mol. The minimum absolute atomic E-state index is 0.428. The Kier molecular flexibility index (Phi) is 2.18. The number of hydrogen-bond donors (Lipinski definition) is 1. The van der Waals surface area contributed by atoms with Gasteiger partial charge in [-0.25, -0.2) is 4.98 Å². The van der Waals surface area contributed by atoms with Crippen LogP contribution in [0.3, 0.4) is 0 Å². The topological polar surface area (TPSA) is 48.1 Å². The van der Waals surface area contributed by atoms with E-state index in [1.807, 2.05) is 0 Å². The summed E-state index contributed by atoms with van der Waals surface area (Å²) in [5.41, 5.74) is 6.39. The van der Waals surface area contributed by atoms with Crippen molar-refractivity contribution in [2.24, 2.45) is 0 Å². The molecule has 0 bridgehead atoms. The van der Waals surface area contributed by atoms with Gasteiger partial charge in [-0.3, -0.25) is 0 Å². The second-order valence-corrected chi connectivity index (χ2v) is 3.75. The fourth-order valence-corrected chi connectivity index (χ4v) is 1.94. The van der Waals surface area contributed by atoms with E-state index in [1.165, 1.54) is 0 Å². The molecule has 80 valence electrons. The molecule has 1 aromatic carbocycles. The largest absolute Gasteiger partial charge is 0.574 e. The maximum atomic E-state index is 11.9. The lowest BCUT2D eigenvalue weighted by Crippen LogP contribution is -2.16. The standard InChI is InChI=1S/C8H5F3N2OS/c9-8(10,11)14-7-13-5-2-1-4(12)3-6(5)15-7/h1-3H,12H2. The molecule has 0 fully saturated rings. The van der Waals surface area contributed by atoms with Crippen molar-refractivity contribution in [3.63, 3.8) is 0 Å². The van der Waals surface area contributed by atoms with Crippen molar-refractivity contribution in [1.82, 2.24) is 4.98 Å². The van der Waals surface area contributed by atoms with Crippen LogP contribution in [-0.2, 0) is 0 Å². The van der Waals surface area contributed by atoms with Crippen molar-refractivity contribution in [1.29, 1.82) is 0 Å². The Hall–Kier alpha value is -1.50. The third-order valence-electron chi connectivity index (χ3n) is 1.60. The third kappa shape index (κ3) is 2.30. The zero-order chi connectivity index (χ0) is 11.1. The molecule has 0 aliphatic rings. The Morgan fingerprint density at radius 1 is 1.33 bits per heavy atom. The fourth-order valence-electron chi connectivity index (χ4n) is 1.06. The first kappa shape index (κ1) is 10.0. The maximum Gasteiger partial charge on any atom is 0.574 e. The number of hydrogen-bond acceptors (Lipinski definition) is 4. The lowest BCUT2D eigenvalue weighted by atomic mass is 10.3. The van der Waals surface area contributed by atoms with Gasteiger partial charge < -0.3 is 10.5 Å². The van der Waals surface area contributed by atoms with Gasteiger partial charge >= 0.3 is 6.36 Å². The molecule has 15 heavy (non-hydrogen) atoms. The van der Waals surface area contributed by atoms with Crippen LogP contribution in [-0.4, -0.2) is 11.3 Å². The van der Waals surface area contributed by atoms with Gasteiger partial charge in [-0.2, -0.15) is 0 Å². The van der Waals surface area contributed by atoms with E-state index in [4.69, 9.17) is 5.73 Å². The quantitative estimate of drug-likeness (QED) is 0.772. The van der Waals surface area contributed by atoms with Crippen molar-refractivity contribution in [3.05, 3.63) is 18.2 Å². The van der Waals surface area contributed by atoms with Gasteiger partial charge in [0.2, 0.25) is 0 Å². The van der Waals surface area contributed by atoms with Gasteiger partial charge in [-0.05, 0) is 18.2 Å². The number of thiazole rings is 1. The van der Waals surface area contributed by atoms with E-state index in [9.17, 15) is 13.2 Å². The summed E-state index contributed by atoms with van der Waals surface area (Å²) in [5, 5.41) is -0.428. The fraction of sp³-hybridized carbons (Fsp3) is 0.125. The highest BCUT2D eigenvalue weighted by Crippen LogP contribution is 2.32. The average molecular weight is 234 g/mol. The molecule has 0 spiro atoms. The second-order valence-electron chi connectivity index (χ2n) is 2.75. The molecule has 0 saturated carbocycles. The first-order chi connectivity index (χ1) is 6.94. The van der Waals surface area contributed by atoms with E-state index in [-0.39, 0.29) is 0 Å². The molecule has 0 aliphatic carbocycles. The molecule has 2 aromatic rings. The first-order valence-corrected chi connectivity index (χ1v) is 4.67. The molecule has 0 unspecified atom stereocenters. The molecule has 2 rings (SSSR count). The molecule has 3 nitrogen and oxygen atoms in total. The minimum atomic E-state index is -4.71. The van der Waals surface area contributed by atoms with Gasteiger partial charge in [0, 0.05) is 5.69 Å². The molecule has 2 N–H and O–H groups in total. The lowest BCUT2D eigenvalue weighted by molar-refractivity contribution is -0.274. The van der Waals surface area contributed by atoms with Crippen molar-refractivity contribution in [2.45, 2.75) is 6.36 Å². The van der Waals surface area contributed by atoms with Crippen molar-refractivity contribution in [3.8, 4) is 5.19 Å². The lowest BCUT2D eigenvalue weighted by Gasteiger charge is -2.03. The Balaban J connectivity index is 2.39. The molecular formula is C8H5F3N2OS. The predicted octanol–water partition coefficient (Wildman–Crippen LogP) is 2.78. The van der Waals surface area contributed by atoms with Crippen LogP contribution < -0.4 is 10.5 Å². The third-order valence-corrected chi connectivity index (χ3v) is 2.49. The molecule has 0 atom stereocenters. The zero-order valence-electron chi connectivity index (χ0n) is 7.21. The number of rotatable bonds is 1. The molecule has 0 radical (unpaired) electrons. The first-order valence-electron chi connectivity index (χ1n) is 3.86. The molecule has 0 aliphatic heterocycles. The molecule has 7 heteroatoms. The Morgan fingerprint density at radius 2 is 2.07 bits per heavy atom. The van der Waals surface area contributed by atoms with Gasteiger partial charge in [0.15, 0.2) is 0 Å². The number of halogens is 3. The van der Waals surface area contributed by atoms with Gasteiger partial charge in [0.25, 0.3) is 5.19 Å². The number of alkyl halides is 3. The van der Waals surface area contributed by atoms with E-state index in [2.05, 4.69) is 9.72 Å². The smallest absolute Gasteiger partial charge is 0.399 e. The molecule has 0 saturated heterocycles. The van der Waals surface area contributed by atoms with Crippen LogP contribution in [0.1, 0.15) is 0 Å². The summed E-state index contributed by atoms with van der Waals surface area (Å²) in [6.45, 7) is 0. The summed E-state index contributed by atoms with van der Waals surface area (Å²) in [4.78, 5) is 3.66. The van der Waals surface area contributed by atoms with Gasteiger partial charge in [0.1, 0.15) is 0 Å². The Morgan fingerprint density at radius 3 is 2.73 bits per heavy atom. The minimum Gasteiger partial charge on any atom is -0.399 e. The summed E-state index contributed by atoms with van der Waals surface area (Å²) >= 11 is 0.805. The highest BCUT2D eigenvalue weighted by molar-refractivity contribution is 7.20. The van der Waals surface area contributed by atoms with Crippen LogP contribution in [0.5, 0.6) is 5.19 Å². The van der Waals surface area contributed by atoms with Crippen LogP contribution in [0.2, 0.25) is 0 Å². The normalized spacial score (nSPS) is 11.9. The van der Waals surface area contributed by atoms with Gasteiger partial charge in [-0.1, -0.05) is 11.3 Å². The summed E-state index contributed by atoms with van der Waals surface area (Å²) in [6, 6.07) is 4.67. The van der Waals surface area contributed by atoms with E-state index in [0.29, 0.717) is 15.9 Å². The average Bonchev–Trinajstić information content (AvgIpc) is 2.42. The van der Waals surface area contributed by atoms with Crippen LogP contribution in [0, 0.1) is 0 Å². The summed E-state index contributed by atoms with van der Waals surface area (Å²) < 4.78 is 39.9. The number of nitrogen functional groups attached to an aromatic ring is 1. The summed E-state index contributed by atoms with van der Waals surface area (Å²) in [6.07, 6.45) is -4.71. The number of fused-ring (bicyclic) bond motifs is 1. The van der Waals surface area contributed by atoms with Crippen molar-refractivity contribution < 1.29 is 17.9 Å². The zero-order valence-corrected chi connectivity index (χ0v) is 8.02. The van der Waals surface area contributed by atoms with Gasteiger partial charge in [-0.15, -0.1) is 13.2 Å². The number of aromatic nitrogens is 1. The van der Waals surface area contributed by atoms with Crippen LogP contribution in [0.25, 0.3) is 10.2 Å². The van der Waals surface area contributed by atoms with E-state index < -0.39 is 11.6 Å². The number of ether oxygens (including phenoxy) is 1. The van der Waals surface area contributed by atoms with Gasteiger partial charge in [0.05, 0.1) is 10.2 Å². The van der Waals surface area contributed by atoms with Crippen molar-refractivity contribution in [2.75, 3.05) is 5.73 Å². The number of benzene rings is 1. The van der Waals surface area contributed by atoms with E-state index in [1.54, 1.807) is 18.2 Å². The van der Waals surface area contributed by atoms with Crippen molar-refractivity contribution >= 4 is 27.2 Å². The van der Waals surface area contributed by atoms with E-state index in [0.717, 1.165) is 11.3 Å². The SMILES string of the molecule is Nc1ccc2nc(OC(F)(F)F)sc2c1. The number of anilines is 1. The summed E-state index contributed by atoms with van der Waals surface area (Å²) in [5.74, 6) is 0. The molecule has 0 amide bonds. The second kappa shape index (κ2) is 3.27. The highest BCUT2D eigenvalue weighted by Gasteiger charge is 2.32. The monoisotopic (exact) mass is 234 g/mol. The maximum absolute atomic E-state index is 11.9. The molecule has 1 aromatic heterocycles. The molecular weight excluding hydrogens is 229 g/mol. The number of nitrogens with zero attached hydrogens (tertiary/aromatic N) is 1. The Bertz CT molecular complexity index is 494. The van der Waals surface area contributed by atoms with Crippen LogP contribution in [0.4, 0.5) is 18.9 Å². The van der Waals surface area contributed by atoms with Crippen LogP contribution >= 0.6 is 11.3 Å². The Labute approximate surface area is 86.3 Å². The highest BCUT2D eigenvalue weighted by atomic mass is 32.1. The van der Waals surface area contributed by atoms with E-state index >= 15 is 0 Å². The number of nitrogens with two attached hydrogens (primary N) is 1. The summed E-state index contributed by atoms with van der Waals surface area (Å²) in [7, 11) is 0. The molecule has 1 heterocycles. The van der Waals surface area contributed by atoms with Crippen LogP contribution in [0.15, 0.2) is 18.2 Å².